The number of carbonyl (C=O) groups excluding carboxylic acids is 2. The van der Waals surface area contributed by atoms with Gasteiger partial charge in [0.2, 0.25) is 0 Å². The van der Waals surface area contributed by atoms with Gasteiger partial charge in [-0.2, -0.15) is 0 Å². The van der Waals surface area contributed by atoms with E-state index >= 15 is 0 Å². The van der Waals surface area contributed by atoms with Crippen molar-refractivity contribution in [3.05, 3.63) is 22.2 Å². The number of amides is 2. The maximum atomic E-state index is 12.1. The van der Waals surface area contributed by atoms with E-state index in [1.807, 2.05) is 0 Å². The third-order valence-electron chi connectivity index (χ3n) is 3.32. The molecule has 0 aromatic rings. The van der Waals surface area contributed by atoms with Crippen molar-refractivity contribution in [1.82, 2.24) is 10.2 Å². The number of alkyl halides is 2. The van der Waals surface area contributed by atoms with Gasteiger partial charge in [0.15, 0.2) is 0 Å². The number of carbonyl (C=O) groups is 2. The molecule has 0 aliphatic carbocycles. The quantitative estimate of drug-likeness (QED) is 0.138. The predicted octanol–water partition coefficient (Wildman–Crippen LogP) is 0.817. The summed E-state index contributed by atoms with van der Waals surface area (Å²) in [5.41, 5.74) is 8.52. The van der Waals surface area contributed by atoms with Crippen LogP contribution in [0.5, 0.6) is 0 Å². The fourth-order valence-corrected chi connectivity index (χ4v) is 2.71. The molecule has 1 heterocycles. The van der Waals surface area contributed by atoms with Crippen LogP contribution in [0, 0.1) is 0 Å². The molecular formula is C12H17BrClN5O5. The Bertz CT molecular complexity index is 542. The van der Waals surface area contributed by atoms with Gasteiger partial charge in [0.05, 0.1) is 18.8 Å². The Morgan fingerprint density at radius 3 is 2.79 bits per heavy atom. The SMILES string of the molecule is CNC(=O)N(/C=C(\C=O)[C@@H](N=[N+]=[N-])C(Cl)Br)[C@H]1C[C@H](O)[C@@H](CO)O1. The average Bonchev–Trinajstić information content (AvgIpc) is 2.94. The number of urea groups is 1. The van der Waals surface area contributed by atoms with E-state index in [0.29, 0.717) is 6.29 Å². The van der Waals surface area contributed by atoms with Crippen LogP contribution in [0.3, 0.4) is 0 Å². The van der Waals surface area contributed by atoms with Crippen LogP contribution in [0.1, 0.15) is 6.42 Å². The van der Waals surface area contributed by atoms with Gasteiger partial charge < -0.3 is 20.3 Å². The largest absolute Gasteiger partial charge is 0.394 e. The lowest BCUT2D eigenvalue weighted by Gasteiger charge is -2.26. The summed E-state index contributed by atoms with van der Waals surface area (Å²) in [5, 5.41) is 24.7. The highest BCUT2D eigenvalue weighted by Gasteiger charge is 2.38. The summed E-state index contributed by atoms with van der Waals surface area (Å²) in [6, 6.07) is -1.69. The van der Waals surface area contributed by atoms with Gasteiger partial charge in [0.1, 0.15) is 22.9 Å². The lowest BCUT2D eigenvalue weighted by molar-refractivity contribution is -0.105. The minimum absolute atomic E-state index is 0.0338. The van der Waals surface area contributed by atoms with Crippen LogP contribution in [0.25, 0.3) is 10.4 Å². The second kappa shape index (κ2) is 9.82. The Morgan fingerprint density at radius 1 is 1.71 bits per heavy atom. The minimum atomic E-state index is -1.07. The second-order valence-electron chi connectivity index (χ2n) is 4.81. The molecular weight excluding hydrogens is 410 g/mol. The van der Waals surface area contributed by atoms with Gasteiger partial charge >= 0.3 is 6.03 Å². The van der Waals surface area contributed by atoms with E-state index < -0.39 is 41.4 Å². The maximum Gasteiger partial charge on any atom is 0.323 e. The Balaban J connectivity index is 3.17. The molecule has 10 nitrogen and oxygen atoms in total. The fraction of sp³-hybridized carbons (Fsp3) is 0.667. The Hall–Kier alpha value is -1.36. The Kier molecular flexibility index (Phi) is 8.46. The topological polar surface area (TPSA) is 148 Å². The monoisotopic (exact) mass is 425 g/mol. The van der Waals surface area contributed by atoms with Crippen LogP contribution >= 0.6 is 27.5 Å². The van der Waals surface area contributed by atoms with E-state index in [9.17, 15) is 14.7 Å². The van der Waals surface area contributed by atoms with Gasteiger partial charge in [-0.05, 0) is 5.53 Å². The molecule has 134 valence electrons. The molecule has 12 heteroatoms. The van der Waals surface area contributed by atoms with Crippen LogP contribution in [0.2, 0.25) is 0 Å². The van der Waals surface area contributed by atoms with Gasteiger partial charge in [-0.15, -0.1) is 11.6 Å². The van der Waals surface area contributed by atoms with Gasteiger partial charge in [-0.3, -0.25) is 9.69 Å². The smallest absolute Gasteiger partial charge is 0.323 e. The van der Waals surface area contributed by atoms with Crippen LogP contribution in [0.15, 0.2) is 16.9 Å². The number of aldehydes is 1. The molecule has 0 aromatic heterocycles. The van der Waals surface area contributed by atoms with Crippen molar-refractivity contribution in [2.45, 2.75) is 35.2 Å². The van der Waals surface area contributed by atoms with E-state index in [4.69, 9.17) is 27.0 Å². The number of hydrogen-bond donors (Lipinski definition) is 3. The highest BCUT2D eigenvalue weighted by molar-refractivity contribution is 9.10. The summed E-state index contributed by atoms with van der Waals surface area (Å²) in [6.07, 6.45) is -1.15. The highest BCUT2D eigenvalue weighted by Crippen LogP contribution is 2.26. The second-order valence-corrected chi connectivity index (χ2v) is 6.79. The number of azide groups is 1. The molecule has 0 radical (unpaired) electrons. The zero-order valence-corrected chi connectivity index (χ0v) is 15.0. The molecule has 1 rings (SSSR count). The van der Waals surface area contributed by atoms with E-state index in [-0.39, 0.29) is 12.0 Å². The summed E-state index contributed by atoms with van der Waals surface area (Å²) in [6.45, 7) is -0.421. The van der Waals surface area contributed by atoms with E-state index in [0.717, 1.165) is 11.1 Å². The number of aliphatic hydroxyl groups excluding tert-OH is 2. The molecule has 0 bridgehead atoms. The number of halogens is 2. The van der Waals surface area contributed by atoms with Crippen LogP contribution in [-0.2, 0) is 9.53 Å². The molecule has 0 spiro atoms. The van der Waals surface area contributed by atoms with Crippen molar-refractivity contribution < 1.29 is 24.5 Å². The molecule has 24 heavy (non-hydrogen) atoms. The van der Waals surface area contributed by atoms with Crippen molar-refractivity contribution >= 4 is 39.8 Å². The van der Waals surface area contributed by atoms with Crippen LogP contribution in [-0.4, -0.2) is 69.8 Å². The van der Waals surface area contributed by atoms with E-state index in [2.05, 4.69) is 31.3 Å². The molecule has 2 amide bonds. The van der Waals surface area contributed by atoms with Crippen molar-refractivity contribution in [3.8, 4) is 0 Å². The predicted molar refractivity (Wildman–Crippen MR) is 88.3 cm³/mol. The number of rotatable bonds is 7. The summed E-state index contributed by atoms with van der Waals surface area (Å²) < 4.78 is 4.53. The molecule has 1 aliphatic heterocycles. The molecule has 1 saturated heterocycles. The molecule has 3 N–H and O–H groups in total. The van der Waals surface area contributed by atoms with E-state index in [1.165, 1.54) is 7.05 Å². The number of hydrogen-bond acceptors (Lipinski definition) is 6. The molecule has 1 fully saturated rings. The fourth-order valence-electron chi connectivity index (χ4n) is 2.11. The Labute approximate surface area is 151 Å². The van der Waals surface area contributed by atoms with E-state index in [1.54, 1.807) is 0 Å². The molecule has 0 saturated carbocycles. The third kappa shape index (κ3) is 5.07. The zero-order valence-electron chi connectivity index (χ0n) is 12.6. The first-order valence-corrected chi connectivity index (χ1v) is 8.18. The van der Waals surface area contributed by atoms with Crippen LogP contribution in [0.4, 0.5) is 4.79 Å². The zero-order chi connectivity index (χ0) is 18.3. The maximum absolute atomic E-state index is 12.1. The lowest BCUT2D eigenvalue weighted by atomic mass is 10.1. The molecule has 0 aromatic carbocycles. The summed E-state index contributed by atoms with van der Waals surface area (Å²) in [4.78, 5) is 27.1. The Morgan fingerprint density at radius 2 is 2.38 bits per heavy atom. The number of nitrogens with one attached hydrogen (secondary N) is 1. The van der Waals surface area contributed by atoms with Crippen molar-refractivity contribution in [2.75, 3.05) is 13.7 Å². The first-order chi connectivity index (χ1) is 11.4. The van der Waals surface area contributed by atoms with Gasteiger partial charge in [0.25, 0.3) is 0 Å². The van der Waals surface area contributed by atoms with Crippen LogP contribution < -0.4 is 5.32 Å². The van der Waals surface area contributed by atoms with Crippen molar-refractivity contribution in [2.24, 2.45) is 5.11 Å². The molecule has 5 atom stereocenters. The number of ether oxygens (including phenoxy) is 1. The average molecular weight is 427 g/mol. The number of aliphatic hydroxyl groups is 2. The lowest BCUT2D eigenvalue weighted by Crippen LogP contribution is -2.42. The standard InChI is InChI=1S/C12H17BrClN5O5/c1-16-12(23)19(9-2-7(22)8(5-21)24-9)3-6(4-20)10(11(13)14)17-18-15/h3-4,7-11,21-22H,2,5H2,1H3,(H,16,23)/b6-3+/t7-,8+,9+,10+,11?/m0/s1. The summed E-state index contributed by atoms with van der Waals surface area (Å²) in [5.74, 6) is 0. The van der Waals surface area contributed by atoms with Gasteiger partial charge in [-0.25, -0.2) is 4.79 Å². The van der Waals surface area contributed by atoms with Crippen molar-refractivity contribution in [3.63, 3.8) is 0 Å². The third-order valence-corrected chi connectivity index (χ3v) is 4.06. The number of nitrogens with zero attached hydrogens (tertiary/aromatic N) is 4. The summed E-state index contributed by atoms with van der Waals surface area (Å²) in [7, 11) is 1.37. The molecule has 1 aliphatic rings. The minimum Gasteiger partial charge on any atom is -0.394 e. The molecule has 1 unspecified atom stereocenters. The van der Waals surface area contributed by atoms with Crippen molar-refractivity contribution in [1.29, 1.82) is 0 Å². The first-order valence-electron chi connectivity index (χ1n) is 6.83. The summed E-state index contributed by atoms with van der Waals surface area (Å²) >= 11 is 8.87. The first kappa shape index (κ1) is 20.7. The van der Waals surface area contributed by atoms with Gasteiger partial charge in [0, 0.05) is 30.2 Å². The van der Waals surface area contributed by atoms with Gasteiger partial charge in [-0.1, -0.05) is 21.0 Å². The normalized spacial score (nSPS) is 26.2. The highest BCUT2D eigenvalue weighted by atomic mass is 79.9.